The van der Waals surface area contributed by atoms with E-state index >= 15 is 0 Å². The van der Waals surface area contributed by atoms with Gasteiger partial charge in [-0.15, -0.1) is 0 Å². The van der Waals surface area contributed by atoms with E-state index in [-0.39, 0.29) is 5.91 Å². The maximum Gasteiger partial charge on any atom is 0.272 e. The lowest BCUT2D eigenvalue weighted by molar-refractivity contribution is -0.113. The van der Waals surface area contributed by atoms with Crippen LogP contribution in [0.3, 0.4) is 0 Å². The highest BCUT2D eigenvalue weighted by atomic mass is 35.5. The molecule has 0 spiro atoms. The Morgan fingerprint density at radius 1 is 1.18 bits per heavy atom. The van der Waals surface area contributed by atoms with Gasteiger partial charge in [0.15, 0.2) is 4.80 Å². The molecule has 0 saturated heterocycles. The van der Waals surface area contributed by atoms with Gasteiger partial charge in [-0.2, -0.15) is 4.99 Å². The number of thiazole rings is 1. The first-order valence-corrected chi connectivity index (χ1v) is 7.90. The Labute approximate surface area is 136 Å². The van der Waals surface area contributed by atoms with Crippen molar-refractivity contribution in [2.45, 2.75) is 0 Å². The smallest absolute Gasteiger partial charge is 0.272 e. The molecule has 5 heteroatoms. The van der Waals surface area contributed by atoms with Gasteiger partial charge >= 0.3 is 0 Å². The molecule has 0 radical (unpaired) electrons. The lowest BCUT2D eigenvalue weighted by Gasteiger charge is -1.93. The quantitative estimate of drug-likeness (QED) is 0.654. The number of aromatic nitrogens is 1. The fourth-order valence-corrected chi connectivity index (χ4v) is 3.21. The summed E-state index contributed by atoms with van der Waals surface area (Å²) in [4.78, 5) is 16.8. The van der Waals surface area contributed by atoms with Crippen LogP contribution in [-0.2, 0) is 11.8 Å². The summed E-state index contributed by atoms with van der Waals surface area (Å²) in [6, 6.07) is 15.3. The summed E-state index contributed by atoms with van der Waals surface area (Å²) in [5, 5.41) is 0.672. The topological polar surface area (TPSA) is 34.4 Å². The fourth-order valence-electron chi connectivity index (χ4n) is 2.06. The molecule has 0 bridgehead atoms. The first kappa shape index (κ1) is 14.8. The summed E-state index contributed by atoms with van der Waals surface area (Å²) < 4.78 is 3.03. The number of hydrogen-bond acceptors (Lipinski definition) is 2. The number of amides is 1. The largest absolute Gasteiger partial charge is 0.319 e. The summed E-state index contributed by atoms with van der Waals surface area (Å²) in [6.07, 6.45) is 3.20. The maximum absolute atomic E-state index is 12.0. The van der Waals surface area contributed by atoms with Gasteiger partial charge in [-0.05, 0) is 35.9 Å². The predicted octanol–water partition coefficient (Wildman–Crippen LogP) is 4.03. The number of aryl methyl sites for hydroxylation is 1. The van der Waals surface area contributed by atoms with E-state index in [0.29, 0.717) is 9.82 Å². The molecule has 3 aromatic rings. The number of hydrogen-bond donors (Lipinski definition) is 0. The number of benzene rings is 2. The number of fused-ring (bicyclic) bond motifs is 1. The van der Waals surface area contributed by atoms with Crippen molar-refractivity contribution in [2.75, 3.05) is 0 Å². The summed E-state index contributed by atoms with van der Waals surface area (Å²) in [7, 11) is 1.91. The molecule has 0 aliphatic carbocycles. The van der Waals surface area contributed by atoms with Gasteiger partial charge in [0.1, 0.15) is 0 Å². The fraction of sp³-hybridized carbons (Fsp3) is 0.0588. The molecule has 1 aromatic heterocycles. The van der Waals surface area contributed by atoms with Gasteiger partial charge in [0, 0.05) is 18.1 Å². The number of carbonyl (C=O) groups is 1. The van der Waals surface area contributed by atoms with Crippen LogP contribution in [0.15, 0.2) is 59.6 Å². The molecular formula is C17H13ClN2OS. The molecule has 0 atom stereocenters. The molecule has 22 heavy (non-hydrogen) atoms. The molecule has 110 valence electrons. The minimum absolute atomic E-state index is 0.280. The lowest BCUT2D eigenvalue weighted by Crippen LogP contribution is -2.12. The van der Waals surface area contributed by atoms with E-state index in [1.54, 1.807) is 18.2 Å². The first-order valence-electron chi connectivity index (χ1n) is 6.70. The van der Waals surface area contributed by atoms with Crippen LogP contribution in [-0.4, -0.2) is 10.5 Å². The lowest BCUT2D eigenvalue weighted by atomic mass is 10.2. The van der Waals surface area contributed by atoms with E-state index in [4.69, 9.17) is 11.6 Å². The molecule has 0 N–H and O–H groups in total. The maximum atomic E-state index is 12.0. The zero-order chi connectivity index (χ0) is 15.5. The average molecular weight is 329 g/mol. The van der Waals surface area contributed by atoms with Gasteiger partial charge in [-0.3, -0.25) is 4.79 Å². The third-order valence-electron chi connectivity index (χ3n) is 3.21. The Kier molecular flexibility index (Phi) is 4.22. The van der Waals surface area contributed by atoms with Gasteiger partial charge in [0.2, 0.25) is 0 Å². The van der Waals surface area contributed by atoms with Crippen LogP contribution in [0, 0.1) is 0 Å². The molecule has 1 amide bonds. The Morgan fingerprint density at radius 2 is 1.91 bits per heavy atom. The second-order valence-electron chi connectivity index (χ2n) is 4.75. The van der Waals surface area contributed by atoms with E-state index < -0.39 is 0 Å². The van der Waals surface area contributed by atoms with Gasteiger partial charge in [-0.25, -0.2) is 0 Å². The average Bonchev–Trinajstić information content (AvgIpc) is 2.83. The van der Waals surface area contributed by atoms with Crippen LogP contribution in [0.1, 0.15) is 5.56 Å². The molecule has 3 nitrogen and oxygen atoms in total. The number of carbonyl (C=O) groups excluding carboxylic acids is 1. The Bertz CT molecular complexity index is 920. The molecular weight excluding hydrogens is 316 g/mol. The standard InChI is InChI=1S/C17H13ClN2OS/c1-20-14-4-2-3-5-15(14)22-17(20)19-16(21)11-8-12-6-9-13(18)10-7-12/h2-11H,1H3/b11-8+,19-17?. The Hall–Kier alpha value is -2.17. The third-order valence-corrected chi connectivity index (χ3v) is 4.57. The second-order valence-corrected chi connectivity index (χ2v) is 6.19. The number of halogens is 1. The first-order chi connectivity index (χ1) is 10.6. The van der Waals surface area contributed by atoms with Gasteiger partial charge in [0.25, 0.3) is 5.91 Å². The number of nitrogens with zero attached hydrogens (tertiary/aromatic N) is 2. The zero-order valence-corrected chi connectivity index (χ0v) is 13.4. The molecule has 0 unspecified atom stereocenters. The van der Waals surface area contributed by atoms with Crippen LogP contribution >= 0.6 is 22.9 Å². The minimum Gasteiger partial charge on any atom is -0.319 e. The molecule has 0 saturated carbocycles. The summed E-state index contributed by atoms with van der Waals surface area (Å²) >= 11 is 7.33. The van der Waals surface area contributed by atoms with E-state index in [2.05, 4.69) is 4.99 Å². The highest BCUT2D eigenvalue weighted by Gasteiger charge is 2.02. The highest BCUT2D eigenvalue weighted by molar-refractivity contribution is 7.16. The zero-order valence-electron chi connectivity index (χ0n) is 11.9. The molecule has 0 aliphatic heterocycles. The summed E-state index contributed by atoms with van der Waals surface area (Å²) in [6.45, 7) is 0. The van der Waals surface area contributed by atoms with Crippen LogP contribution in [0.25, 0.3) is 16.3 Å². The van der Waals surface area contributed by atoms with Gasteiger partial charge in [0.05, 0.1) is 10.2 Å². The van der Waals surface area contributed by atoms with Crippen molar-refractivity contribution in [2.24, 2.45) is 12.0 Å². The van der Waals surface area contributed by atoms with Crippen LogP contribution < -0.4 is 4.80 Å². The van der Waals surface area contributed by atoms with Crippen molar-refractivity contribution in [1.82, 2.24) is 4.57 Å². The minimum atomic E-state index is -0.280. The molecule has 0 aliphatic rings. The van der Waals surface area contributed by atoms with Gasteiger partial charge < -0.3 is 4.57 Å². The van der Waals surface area contributed by atoms with Crippen LogP contribution in [0.2, 0.25) is 5.02 Å². The van der Waals surface area contributed by atoms with Crippen molar-refractivity contribution in [3.63, 3.8) is 0 Å². The van der Waals surface area contributed by atoms with Gasteiger partial charge in [-0.1, -0.05) is 47.2 Å². The number of para-hydroxylation sites is 1. The molecule has 1 heterocycles. The van der Waals surface area contributed by atoms with E-state index in [0.717, 1.165) is 15.8 Å². The Morgan fingerprint density at radius 3 is 2.64 bits per heavy atom. The highest BCUT2D eigenvalue weighted by Crippen LogP contribution is 2.15. The van der Waals surface area contributed by atoms with Crippen molar-refractivity contribution >= 4 is 45.1 Å². The van der Waals surface area contributed by atoms with Crippen LogP contribution in [0.5, 0.6) is 0 Å². The van der Waals surface area contributed by atoms with E-state index in [9.17, 15) is 4.79 Å². The van der Waals surface area contributed by atoms with Crippen molar-refractivity contribution < 1.29 is 4.79 Å². The third kappa shape index (κ3) is 3.18. The molecule has 2 aromatic carbocycles. The van der Waals surface area contributed by atoms with Crippen molar-refractivity contribution in [1.29, 1.82) is 0 Å². The molecule has 0 fully saturated rings. The molecule has 3 rings (SSSR count). The van der Waals surface area contributed by atoms with Crippen molar-refractivity contribution in [3.05, 3.63) is 70.0 Å². The van der Waals surface area contributed by atoms with Crippen LogP contribution in [0.4, 0.5) is 0 Å². The predicted molar refractivity (Wildman–Crippen MR) is 91.9 cm³/mol. The van der Waals surface area contributed by atoms with Crippen molar-refractivity contribution in [3.8, 4) is 0 Å². The second kappa shape index (κ2) is 6.30. The number of rotatable bonds is 2. The van der Waals surface area contributed by atoms with E-state index in [1.165, 1.54) is 17.4 Å². The monoisotopic (exact) mass is 328 g/mol. The van der Waals surface area contributed by atoms with E-state index in [1.807, 2.05) is 48.0 Å². The SMILES string of the molecule is Cn1c(=NC(=O)/C=C/c2ccc(Cl)cc2)sc2ccccc21. The summed E-state index contributed by atoms with van der Waals surface area (Å²) in [5.74, 6) is -0.280. The summed E-state index contributed by atoms with van der Waals surface area (Å²) in [5.41, 5.74) is 1.98. The normalized spacial score (nSPS) is 12.4. The Balaban J connectivity index is 1.88.